The largest absolute Gasteiger partial charge is 0.164 e. The van der Waals surface area contributed by atoms with Crippen LogP contribution in [0, 0.1) is 41.5 Å². The average molecular weight is 816 g/mol. The van der Waals surface area contributed by atoms with Crippen molar-refractivity contribution in [3.8, 4) is 22.3 Å². The first-order valence-corrected chi connectivity index (χ1v) is 19.1. The van der Waals surface area contributed by atoms with Crippen molar-refractivity contribution in [1.29, 1.82) is 0 Å². The molecule has 0 aliphatic heterocycles. The zero-order valence-electron chi connectivity index (χ0n) is 32.1. The molecule has 0 atom stereocenters. The Balaban J connectivity index is 0.000000236. The minimum atomic E-state index is 0. The first kappa shape index (κ1) is 39.6. The van der Waals surface area contributed by atoms with Gasteiger partial charge in [0.2, 0.25) is 0 Å². The van der Waals surface area contributed by atoms with Gasteiger partial charge >= 0.3 is 0 Å². The van der Waals surface area contributed by atoms with Gasteiger partial charge in [0.25, 0.3) is 0 Å². The molecule has 0 aliphatic rings. The Bertz CT molecular complexity index is 1850. The van der Waals surface area contributed by atoms with Crippen LogP contribution in [0.3, 0.4) is 0 Å². The minimum Gasteiger partial charge on any atom is -0.164 e. The van der Waals surface area contributed by atoms with E-state index in [1.165, 1.54) is 88.3 Å². The second-order valence-electron chi connectivity index (χ2n) is 15.6. The SMILES string of the molecule is C[Si]C.Cc1cc(C)c(C)c(-c2cccc3[cH-]c(C(C)(C)C)cc23)c1.Cc1cc(C)c(C)c(-c2cccc3[cH-]c(C(C)(C)C)cc23)c1.[Hf]. The van der Waals surface area contributed by atoms with Crippen molar-refractivity contribution in [2.24, 2.45) is 0 Å². The Morgan fingerprint density at radius 2 is 0.812 bits per heavy atom. The number of hydrogen-bond donors (Lipinski definition) is 0. The van der Waals surface area contributed by atoms with E-state index in [2.05, 4.69) is 181 Å². The molecule has 0 fully saturated rings. The van der Waals surface area contributed by atoms with Crippen molar-refractivity contribution in [3.05, 3.63) is 129 Å². The Labute approximate surface area is 313 Å². The summed E-state index contributed by atoms with van der Waals surface area (Å²) in [7, 11) is 1.08. The fourth-order valence-corrected chi connectivity index (χ4v) is 6.44. The third-order valence-corrected chi connectivity index (χ3v) is 9.44. The van der Waals surface area contributed by atoms with Gasteiger partial charge in [-0.05, 0) is 85.8 Å². The van der Waals surface area contributed by atoms with Crippen molar-refractivity contribution in [1.82, 2.24) is 0 Å². The second-order valence-corrected chi connectivity index (χ2v) is 16.6. The van der Waals surface area contributed by atoms with Gasteiger partial charge in [-0.15, -0.1) is 69.1 Å². The standard InChI is InChI=1S/2C22H25.C2H6Si.Hf/c2*1-14-10-15(2)16(3)20(11-14)19-9-7-8-17-12-18(13-21(17)19)22(4,5)6;1-3-2;/h2*7-13H,1-6H3;1-2H3;/q2*-1;;. The third kappa shape index (κ3) is 8.85. The first-order valence-electron chi connectivity index (χ1n) is 17.1. The van der Waals surface area contributed by atoms with Crippen LogP contribution < -0.4 is 0 Å². The molecule has 0 aliphatic carbocycles. The maximum absolute atomic E-state index is 2.38. The minimum absolute atomic E-state index is 0. The van der Waals surface area contributed by atoms with Gasteiger partial charge in [0.1, 0.15) is 0 Å². The van der Waals surface area contributed by atoms with Crippen LogP contribution in [0.2, 0.25) is 13.1 Å². The van der Waals surface area contributed by atoms with E-state index in [1.54, 1.807) is 0 Å². The second kappa shape index (κ2) is 15.8. The Morgan fingerprint density at radius 1 is 0.479 bits per heavy atom. The van der Waals surface area contributed by atoms with E-state index >= 15 is 0 Å². The van der Waals surface area contributed by atoms with Crippen LogP contribution in [0.15, 0.2) is 84.9 Å². The molecular weight excluding hydrogens is 759 g/mol. The van der Waals surface area contributed by atoms with Crippen molar-refractivity contribution in [2.75, 3.05) is 0 Å². The molecule has 250 valence electrons. The molecule has 6 aromatic rings. The molecule has 0 spiro atoms. The molecule has 0 aromatic heterocycles. The van der Waals surface area contributed by atoms with E-state index in [-0.39, 0.29) is 36.7 Å². The van der Waals surface area contributed by atoms with E-state index in [4.69, 9.17) is 0 Å². The number of aryl methyl sites for hydroxylation is 4. The number of rotatable bonds is 2. The molecule has 0 N–H and O–H groups in total. The van der Waals surface area contributed by atoms with Gasteiger partial charge < -0.3 is 0 Å². The van der Waals surface area contributed by atoms with Gasteiger partial charge in [0.15, 0.2) is 0 Å². The molecule has 0 saturated carbocycles. The van der Waals surface area contributed by atoms with E-state index < -0.39 is 0 Å². The molecule has 0 heterocycles. The van der Waals surface area contributed by atoms with E-state index in [0.29, 0.717) is 0 Å². The predicted octanol–water partition coefficient (Wildman–Crippen LogP) is 13.7. The quantitative estimate of drug-likeness (QED) is 0.121. The summed E-state index contributed by atoms with van der Waals surface area (Å²) in [4.78, 5) is 0. The first-order chi connectivity index (χ1) is 22.0. The summed E-state index contributed by atoms with van der Waals surface area (Å²) in [6.45, 7) is 31.2. The fourth-order valence-electron chi connectivity index (χ4n) is 6.44. The van der Waals surface area contributed by atoms with Gasteiger partial charge in [-0.2, -0.15) is 12.1 Å². The summed E-state index contributed by atoms with van der Waals surface area (Å²) in [6, 6.07) is 32.0. The smallest absolute Gasteiger partial charge is 0.0307 e. The maximum Gasteiger partial charge on any atom is 0.0307 e. The van der Waals surface area contributed by atoms with Crippen LogP contribution >= 0.6 is 0 Å². The number of benzene rings is 4. The van der Waals surface area contributed by atoms with Crippen LogP contribution in [0.5, 0.6) is 0 Å². The van der Waals surface area contributed by atoms with Crippen LogP contribution in [0.25, 0.3) is 43.8 Å². The topological polar surface area (TPSA) is 0 Å². The van der Waals surface area contributed by atoms with Crippen LogP contribution in [-0.2, 0) is 36.7 Å². The molecule has 2 radical (unpaired) electrons. The number of hydrogen-bond acceptors (Lipinski definition) is 0. The Kier molecular flexibility index (Phi) is 13.1. The summed E-state index contributed by atoms with van der Waals surface area (Å²) < 4.78 is 0. The van der Waals surface area contributed by atoms with Crippen molar-refractivity contribution in [3.63, 3.8) is 0 Å². The summed E-state index contributed by atoms with van der Waals surface area (Å²) in [5.41, 5.74) is 16.8. The summed E-state index contributed by atoms with van der Waals surface area (Å²) in [5.74, 6) is 0. The van der Waals surface area contributed by atoms with Crippen molar-refractivity contribution < 1.29 is 25.8 Å². The number of fused-ring (bicyclic) bond motifs is 2. The molecular formula is C46H56HfSi-2. The van der Waals surface area contributed by atoms with Crippen molar-refractivity contribution in [2.45, 2.75) is 107 Å². The summed E-state index contributed by atoms with van der Waals surface area (Å²) >= 11 is 0. The zero-order valence-corrected chi connectivity index (χ0v) is 36.7. The third-order valence-electron chi connectivity index (χ3n) is 9.44. The van der Waals surface area contributed by atoms with Crippen LogP contribution in [0.1, 0.15) is 86.1 Å². The molecule has 2 heteroatoms. The molecule has 0 amide bonds. The summed E-state index contributed by atoms with van der Waals surface area (Å²) in [5, 5.41) is 5.45. The van der Waals surface area contributed by atoms with Gasteiger partial charge in [0, 0.05) is 35.4 Å². The molecule has 0 unspecified atom stereocenters. The van der Waals surface area contributed by atoms with E-state index in [1.807, 2.05) is 0 Å². The van der Waals surface area contributed by atoms with Gasteiger partial charge in [-0.3, -0.25) is 0 Å². The molecule has 0 saturated heterocycles. The van der Waals surface area contributed by atoms with Crippen LogP contribution in [-0.4, -0.2) is 9.52 Å². The normalized spacial score (nSPS) is 11.5. The van der Waals surface area contributed by atoms with Crippen molar-refractivity contribution >= 4 is 31.1 Å². The molecule has 48 heavy (non-hydrogen) atoms. The Morgan fingerprint density at radius 3 is 1.12 bits per heavy atom. The van der Waals surface area contributed by atoms with Crippen LogP contribution in [0.4, 0.5) is 0 Å². The zero-order chi connectivity index (χ0) is 34.8. The van der Waals surface area contributed by atoms with E-state index in [9.17, 15) is 0 Å². The molecule has 0 bridgehead atoms. The summed E-state index contributed by atoms with van der Waals surface area (Å²) in [6.07, 6.45) is 0. The van der Waals surface area contributed by atoms with Gasteiger partial charge in [0.05, 0.1) is 0 Å². The monoisotopic (exact) mass is 816 g/mol. The fraction of sp³-hybridized carbons (Fsp3) is 0.348. The maximum atomic E-state index is 2.38. The molecule has 6 aromatic carbocycles. The Hall–Kier alpha value is -2.81. The van der Waals surface area contributed by atoms with Gasteiger partial charge in [-0.1, -0.05) is 113 Å². The predicted molar refractivity (Wildman–Crippen MR) is 213 cm³/mol. The average Bonchev–Trinajstić information content (AvgIpc) is 3.63. The molecule has 0 nitrogen and oxygen atoms in total. The van der Waals surface area contributed by atoms with E-state index in [0.717, 1.165) is 9.52 Å². The van der Waals surface area contributed by atoms with Gasteiger partial charge in [-0.25, -0.2) is 0 Å². The molecule has 6 rings (SSSR count).